The number of imide groups is 1. The van der Waals surface area contributed by atoms with E-state index in [1.165, 1.54) is 6.42 Å². The van der Waals surface area contributed by atoms with Gasteiger partial charge in [0.1, 0.15) is 0 Å². The second-order valence-corrected chi connectivity index (χ2v) is 5.35. The third-order valence-electron chi connectivity index (χ3n) is 3.58. The smallest absolute Gasteiger partial charge is 0.321 e. The summed E-state index contributed by atoms with van der Waals surface area (Å²) in [5.41, 5.74) is 0. The van der Waals surface area contributed by atoms with Crippen LogP contribution in [0.1, 0.15) is 40.0 Å². The van der Waals surface area contributed by atoms with Crippen molar-refractivity contribution in [3.63, 3.8) is 0 Å². The number of carbonyl (C=O) groups is 2. The Kier molecular flexibility index (Phi) is 7.54. The third-order valence-corrected chi connectivity index (χ3v) is 3.58. The summed E-state index contributed by atoms with van der Waals surface area (Å²) in [5.74, 6) is -0.271. The lowest BCUT2D eigenvalue weighted by atomic mass is 10.0. The van der Waals surface area contributed by atoms with E-state index < -0.39 is 6.03 Å². The molecule has 1 aliphatic heterocycles. The lowest BCUT2D eigenvalue weighted by Crippen LogP contribution is -2.52. The Morgan fingerprint density at radius 3 is 2.45 bits per heavy atom. The fourth-order valence-electron chi connectivity index (χ4n) is 2.49. The van der Waals surface area contributed by atoms with E-state index in [-0.39, 0.29) is 11.9 Å². The largest absolute Gasteiger partial charge is 0.338 e. The summed E-state index contributed by atoms with van der Waals surface area (Å²) in [5, 5.41) is 8.20. The molecule has 1 heterocycles. The molecule has 1 aliphatic rings. The van der Waals surface area contributed by atoms with Gasteiger partial charge in [-0.05, 0) is 52.7 Å². The maximum absolute atomic E-state index is 11.8. The summed E-state index contributed by atoms with van der Waals surface area (Å²) in [6, 6.07) is -0.415. The maximum Gasteiger partial charge on any atom is 0.321 e. The highest BCUT2D eigenvalue weighted by Crippen LogP contribution is 2.11. The molecular formula is C14H28N4O2. The molecule has 0 aromatic heterocycles. The fraction of sp³-hybridized carbons (Fsp3) is 0.857. The first kappa shape index (κ1) is 16.9. The second kappa shape index (κ2) is 8.92. The minimum Gasteiger partial charge on any atom is -0.338 e. The predicted octanol–water partition coefficient (Wildman–Crippen LogP) is 0.685. The summed E-state index contributed by atoms with van der Waals surface area (Å²) in [4.78, 5) is 25.6. The van der Waals surface area contributed by atoms with Gasteiger partial charge in [0.15, 0.2) is 0 Å². The zero-order chi connectivity index (χ0) is 15.0. The number of likely N-dealkylation sites (tertiary alicyclic amines) is 1. The highest BCUT2D eigenvalue weighted by atomic mass is 16.2. The molecule has 3 amide bonds. The van der Waals surface area contributed by atoms with Crippen LogP contribution in [-0.2, 0) is 4.79 Å². The van der Waals surface area contributed by atoms with Crippen molar-refractivity contribution in [2.75, 3.05) is 26.2 Å². The van der Waals surface area contributed by atoms with Gasteiger partial charge in [-0.2, -0.15) is 0 Å². The Morgan fingerprint density at radius 1 is 1.25 bits per heavy atom. The Balaban J connectivity index is 2.27. The Bertz CT molecular complexity index is 314. The van der Waals surface area contributed by atoms with Crippen molar-refractivity contribution in [1.29, 1.82) is 0 Å². The molecule has 6 heteroatoms. The van der Waals surface area contributed by atoms with Crippen LogP contribution < -0.4 is 16.0 Å². The molecule has 0 spiro atoms. The summed E-state index contributed by atoms with van der Waals surface area (Å²) in [6.07, 6.45) is 3.29. The van der Waals surface area contributed by atoms with Gasteiger partial charge in [0.2, 0.25) is 5.91 Å². The van der Waals surface area contributed by atoms with Crippen LogP contribution in [0.3, 0.4) is 0 Å². The molecule has 116 valence electrons. The predicted molar refractivity (Wildman–Crippen MR) is 79.6 cm³/mol. The lowest BCUT2D eigenvalue weighted by Gasteiger charge is -2.33. The highest BCUT2D eigenvalue weighted by molar-refractivity contribution is 5.96. The van der Waals surface area contributed by atoms with Gasteiger partial charge in [0.05, 0.1) is 6.04 Å². The van der Waals surface area contributed by atoms with Crippen molar-refractivity contribution in [2.45, 2.75) is 52.1 Å². The SMILES string of the molecule is CCCN1CCC(NC(C)C(=O)NC(=O)NCC)CC1. The van der Waals surface area contributed by atoms with E-state index in [0.717, 1.165) is 32.5 Å². The van der Waals surface area contributed by atoms with Crippen LogP contribution in [0.15, 0.2) is 0 Å². The van der Waals surface area contributed by atoms with Crippen LogP contribution in [0.5, 0.6) is 0 Å². The van der Waals surface area contributed by atoms with Crippen LogP contribution in [0.2, 0.25) is 0 Å². The van der Waals surface area contributed by atoms with Crippen molar-refractivity contribution in [3.05, 3.63) is 0 Å². The molecule has 0 aromatic rings. The van der Waals surface area contributed by atoms with Crippen LogP contribution in [0.25, 0.3) is 0 Å². The normalized spacial score (nSPS) is 18.6. The van der Waals surface area contributed by atoms with E-state index >= 15 is 0 Å². The molecular weight excluding hydrogens is 256 g/mol. The first-order chi connectivity index (χ1) is 9.56. The first-order valence-electron chi connectivity index (χ1n) is 7.63. The molecule has 1 saturated heterocycles. The number of amides is 3. The van der Waals surface area contributed by atoms with Crippen LogP contribution >= 0.6 is 0 Å². The monoisotopic (exact) mass is 284 g/mol. The molecule has 20 heavy (non-hydrogen) atoms. The minimum atomic E-state index is -0.427. The Labute approximate surface area is 121 Å². The van der Waals surface area contributed by atoms with E-state index in [1.54, 1.807) is 6.92 Å². The molecule has 1 atom stereocenters. The number of rotatable bonds is 6. The number of piperidine rings is 1. The fourth-order valence-corrected chi connectivity index (χ4v) is 2.49. The quantitative estimate of drug-likeness (QED) is 0.671. The molecule has 0 aromatic carbocycles. The van der Waals surface area contributed by atoms with Gasteiger partial charge < -0.3 is 15.5 Å². The average molecular weight is 284 g/mol. The third kappa shape index (κ3) is 5.88. The van der Waals surface area contributed by atoms with Crippen molar-refractivity contribution in [3.8, 4) is 0 Å². The molecule has 6 nitrogen and oxygen atoms in total. The van der Waals surface area contributed by atoms with E-state index in [9.17, 15) is 9.59 Å². The van der Waals surface area contributed by atoms with E-state index in [0.29, 0.717) is 12.6 Å². The van der Waals surface area contributed by atoms with Crippen molar-refractivity contribution in [1.82, 2.24) is 20.9 Å². The minimum absolute atomic E-state index is 0.271. The topological polar surface area (TPSA) is 73.5 Å². The zero-order valence-corrected chi connectivity index (χ0v) is 12.9. The van der Waals surface area contributed by atoms with Crippen LogP contribution in [0, 0.1) is 0 Å². The van der Waals surface area contributed by atoms with Gasteiger partial charge in [-0.1, -0.05) is 6.92 Å². The van der Waals surface area contributed by atoms with Crippen LogP contribution in [0.4, 0.5) is 4.79 Å². The number of hydrogen-bond donors (Lipinski definition) is 3. The van der Waals surface area contributed by atoms with Crippen molar-refractivity contribution >= 4 is 11.9 Å². The number of urea groups is 1. The van der Waals surface area contributed by atoms with Gasteiger partial charge in [-0.3, -0.25) is 10.1 Å². The Morgan fingerprint density at radius 2 is 1.90 bits per heavy atom. The van der Waals surface area contributed by atoms with Crippen molar-refractivity contribution in [2.24, 2.45) is 0 Å². The average Bonchev–Trinajstić information content (AvgIpc) is 2.41. The molecule has 1 rings (SSSR count). The summed E-state index contributed by atoms with van der Waals surface area (Å²) < 4.78 is 0. The Hall–Kier alpha value is -1.14. The van der Waals surface area contributed by atoms with Gasteiger partial charge >= 0.3 is 6.03 Å². The lowest BCUT2D eigenvalue weighted by molar-refractivity contribution is -0.121. The number of hydrogen-bond acceptors (Lipinski definition) is 4. The summed E-state index contributed by atoms with van der Waals surface area (Å²) in [6.45, 7) is 9.63. The first-order valence-corrected chi connectivity index (χ1v) is 7.63. The number of carbonyl (C=O) groups excluding carboxylic acids is 2. The van der Waals surface area contributed by atoms with Gasteiger partial charge in [-0.15, -0.1) is 0 Å². The molecule has 0 saturated carbocycles. The molecule has 0 aliphatic carbocycles. The van der Waals surface area contributed by atoms with E-state index in [1.807, 2.05) is 6.92 Å². The van der Waals surface area contributed by atoms with Gasteiger partial charge in [-0.25, -0.2) is 4.79 Å². The number of nitrogens with zero attached hydrogens (tertiary/aromatic N) is 1. The van der Waals surface area contributed by atoms with E-state index in [2.05, 4.69) is 27.8 Å². The second-order valence-electron chi connectivity index (χ2n) is 5.35. The maximum atomic E-state index is 11.8. The molecule has 0 bridgehead atoms. The van der Waals surface area contributed by atoms with E-state index in [4.69, 9.17) is 0 Å². The summed E-state index contributed by atoms with van der Waals surface area (Å²) >= 11 is 0. The highest BCUT2D eigenvalue weighted by Gasteiger charge is 2.23. The molecule has 1 fully saturated rings. The van der Waals surface area contributed by atoms with Crippen molar-refractivity contribution < 1.29 is 9.59 Å². The standard InChI is InChI=1S/C14H28N4O2/c1-4-8-18-9-6-12(7-10-18)16-11(3)13(19)17-14(20)15-5-2/h11-12,16H,4-10H2,1-3H3,(H2,15,17,19,20). The summed E-state index contributed by atoms with van der Waals surface area (Å²) in [7, 11) is 0. The molecule has 1 unspecified atom stereocenters. The number of nitrogens with one attached hydrogen (secondary N) is 3. The van der Waals surface area contributed by atoms with Crippen LogP contribution in [-0.4, -0.2) is 55.1 Å². The zero-order valence-electron chi connectivity index (χ0n) is 12.9. The van der Waals surface area contributed by atoms with Gasteiger partial charge in [0, 0.05) is 12.6 Å². The van der Waals surface area contributed by atoms with Gasteiger partial charge in [0.25, 0.3) is 0 Å². The molecule has 3 N–H and O–H groups in total. The molecule has 0 radical (unpaired) electrons.